The second-order valence-electron chi connectivity index (χ2n) is 6.65. The molecule has 0 radical (unpaired) electrons. The van der Waals surface area contributed by atoms with E-state index in [1.807, 2.05) is 0 Å². The Kier molecular flexibility index (Phi) is 3.38. The maximum atomic E-state index is 12.9. The Labute approximate surface area is 139 Å². The molecular weight excluding hydrogens is 337 g/mol. The summed E-state index contributed by atoms with van der Waals surface area (Å²) < 4.78 is 45.0. The SMILES string of the molecule is CN1C[C@@]23CN(C(=O)Nc4ccc(F)cc4)C[C@@H](C[C@@H]2S1(=O)=O)O3. The minimum Gasteiger partial charge on any atom is -0.365 e. The molecule has 0 saturated carbocycles. The van der Waals surface area contributed by atoms with E-state index in [1.165, 1.54) is 35.6 Å². The summed E-state index contributed by atoms with van der Waals surface area (Å²) in [5.74, 6) is -0.377. The van der Waals surface area contributed by atoms with Crippen molar-refractivity contribution in [3.63, 3.8) is 0 Å². The number of hydrogen-bond acceptors (Lipinski definition) is 4. The van der Waals surface area contributed by atoms with E-state index >= 15 is 0 Å². The largest absolute Gasteiger partial charge is 0.365 e. The van der Waals surface area contributed by atoms with Crippen LogP contribution in [-0.2, 0) is 14.8 Å². The Morgan fingerprint density at radius 2 is 2.04 bits per heavy atom. The van der Waals surface area contributed by atoms with E-state index in [4.69, 9.17) is 4.74 Å². The first-order valence-corrected chi connectivity index (χ1v) is 9.25. The van der Waals surface area contributed by atoms with E-state index in [0.717, 1.165) is 0 Å². The predicted molar refractivity (Wildman–Crippen MR) is 84.6 cm³/mol. The van der Waals surface area contributed by atoms with E-state index in [9.17, 15) is 17.6 Å². The zero-order valence-corrected chi connectivity index (χ0v) is 13.9. The van der Waals surface area contributed by atoms with Gasteiger partial charge in [0.15, 0.2) is 0 Å². The number of nitrogens with zero attached hydrogens (tertiary/aromatic N) is 2. The molecule has 1 N–H and O–H groups in total. The molecule has 4 rings (SSSR count). The minimum atomic E-state index is -3.37. The number of anilines is 1. The highest BCUT2D eigenvalue weighted by molar-refractivity contribution is 7.90. The van der Waals surface area contributed by atoms with Gasteiger partial charge in [-0.1, -0.05) is 0 Å². The van der Waals surface area contributed by atoms with Crippen molar-refractivity contribution >= 4 is 21.7 Å². The van der Waals surface area contributed by atoms with Crippen LogP contribution in [0.5, 0.6) is 0 Å². The van der Waals surface area contributed by atoms with Crippen molar-refractivity contribution in [1.29, 1.82) is 0 Å². The van der Waals surface area contributed by atoms with E-state index in [2.05, 4.69) is 5.32 Å². The molecule has 3 fully saturated rings. The van der Waals surface area contributed by atoms with Gasteiger partial charge in [-0.05, 0) is 30.7 Å². The summed E-state index contributed by atoms with van der Waals surface area (Å²) in [6.07, 6.45) is 0.138. The summed E-state index contributed by atoms with van der Waals surface area (Å²) in [5, 5.41) is 2.12. The van der Waals surface area contributed by atoms with E-state index in [-0.39, 0.29) is 31.0 Å². The first-order chi connectivity index (χ1) is 11.3. The number of rotatable bonds is 1. The maximum Gasteiger partial charge on any atom is 0.322 e. The fraction of sp³-hybridized carbons (Fsp3) is 0.533. The van der Waals surface area contributed by atoms with Crippen molar-refractivity contribution in [1.82, 2.24) is 9.21 Å². The van der Waals surface area contributed by atoms with Crippen LogP contribution in [0.1, 0.15) is 6.42 Å². The molecule has 9 heteroatoms. The highest BCUT2D eigenvalue weighted by Gasteiger charge is 2.64. The zero-order valence-electron chi connectivity index (χ0n) is 13.1. The van der Waals surface area contributed by atoms with Gasteiger partial charge in [-0.25, -0.2) is 21.9 Å². The Morgan fingerprint density at radius 3 is 2.75 bits per heavy atom. The lowest BCUT2D eigenvalue weighted by molar-refractivity contribution is -0.0932. The van der Waals surface area contributed by atoms with Crippen molar-refractivity contribution < 1.29 is 22.3 Å². The normalized spacial score (nSPS) is 34.2. The lowest BCUT2D eigenvalue weighted by Crippen LogP contribution is -2.57. The van der Waals surface area contributed by atoms with Crippen LogP contribution >= 0.6 is 0 Å². The van der Waals surface area contributed by atoms with Crippen molar-refractivity contribution in [2.75, 3.05) is 32.0 Å². The molecule has 1 aromatic rings. The van der Waals surface area contributed by atoms with Gasteiger partial charge < -0.3 is 15.0 Å². The number of nitrogens with one attached hydrogen (secondary N) is 1. The summed E-state index contributed by atoms with van der Waals surface area (Å²) in [5.41, 5.74) is -0.359. The molecule has 3 aliphatic rings. The van der Waals surface area contributed by atoms with Crippen molar-refractivity contribution in [3.8, 4) is 0 Å². The van der Waals surface area contributed by atoms with Gasteiger partial charge in [-0.15, -0.1) is 0 Å². The molecule has 2 bridgehead atoms. The van der Waals surface area contributed by atoms with Gasteiger partial charge >= 0.3 is 6.03 Å². The van der Waals surface area contributed by atoms with E-state index in [0.29, 0.717) is 18.7 Å². The Bertz CT molecular complexity index is 784. The summed E-state index contributed by atoms with van der Waals surface area (Å²) in [6, 6.07) is 5.17. The molecule has 2 amide bonds. The number of ether oxygens (including phenoxy) is 1. The summed E-state index contributed by atoms with van der Waals surface area (Å²) >= 11 is 0. The average molecular weight is 355 g/mol. The van der Waals surface area contributed by atoms with Gasteiger partial charge in [0.1, 0.15) is 16.7 Å². The molecule has 3 heterocycles. The molecule has 1 aromatic carbocycles. The standard InChI is InChI=1S/C15H18FN3O4S/c1-18-8-15-9-19(7-12(23-15)6-13(15)24(18,21)22)14(20)17-11-4-2-10(16)3-5-11/h2-5,12-13H,6-9H2,1H3,(H,17,20)/t12-,13+,15-/m1/s1. The number of likely N-dealkylation sites (tertiary alicyclic amines) is 1. The number of likely N-dealkylation sites (N-methyl/N-ethyl adjacent to an activating group) is 1. The smallest absolute Gasteiger partial charge is 0.322 e. The first kappa shape index (κ1) is 15.8. The fourth-order valence-electron chi connectivity index (χ4n) is 3.95. The van der Waals surface area contributed by atoms with Crippen LogP contribution in [0.25, 0.3) is 0 Å². The molecule has 7 nitrogen and oxygen atoms in total. The molecule has 0 aromatic heterocycles. The van der Waals surface area contributed by atoms with Crippen LogP contribution in [0.3, 0.4) is 0 Å². The number of hydrogen-bond donors (Lipinski definition) is 1. The van der Waals surface area contributed by atoms with Crippen LogP contribution in [0.2, 0.25) is 0 Å². The number of carbonyl (C=O) groups excluding carboxylic acids is 1. The number of amides is 2. The van der Waals surface area contributed by atoms with Crippen molar-refractivity contribution in [2.45, 2.75) is 23.4 Å². The Balaban J connectivity index is 1.53. The second kappa shape index (κ2) is 5.14. The second-order valence-corrected chi connectivity index (χ2v) is 8.87. The average Bonchev–Trinajstić information content (AvgIpc) is 2.88. The number of morpholine rings is 1. The summed E-state index contributed by atoms with van der Waals surface area (Å²) in [7, 11) is -1.83. The fourth-order valence-corrected chi connectivity index (χ4v) is 5.99. The summed E-state index contributed by atoms with van der Waals surface area (Å²) in [4.78, 5) is 14.1. The van der Waals surface area contributed by atoms with Crippen LogP contribution in [-0.4, -0.2) is 67.3 Å². The highest BCUT2D eigenvalue weighted by Crippen LogP contribution is 2.45. The lowest BCUT2D eigenvalue weighted by Gasteiger charge is -2.39. The summed E-state index contributed by atoms with van der Waals surface area (Å²) in [6.45, 7) is 0.839. The van der Waals surface area contributed by atoms with Crippen molar-refractivity contribution in [2.24, 2.45) is 0 Å². The van der Waals surface area contributed by atoms with E-state index < -0.39 is 20.9 Å². The van der Waals surface area contributed by atoms with Gasteiger partial charge in [-0.2, -0.15) is 0 Å². The molecule has 3 saturated heterocycles. The molecule has 0 aliphatic carbocycles. The third-order valence-electron chi connectivity index (χ3n) is 5.01. The topological polar surface area (TPSA) is 79.0 Å². The van der Waals surface area contributed by atoms with Crippen molar-refractivity contribution in [3.05, 3.63) is 30.1 Å². The lowest BCUT2D eigenvalue weighted by atomic mass is 9.99. The number of urea groups is 1. The number of benzene rings is 1. The maximum absolute atomic E-state index is 12.9. The van der Waals surface area contributed by atoms with Gasteiger partial charge in [0.2, 0.25) is 10.0 Å². The first-order valence-electron chi connectivity index (χ1n) is 7.75. The van der Waals surface area contributed by atoms with E-state index in [1.54, 1.807) is 4.90 Å². The number of halogens is 1. The number of carbonyl (C=O) groups is 1. The third-order valence-corrected chi connectivity index (χ3v) is 7.35. The van der Waals surface area contributed by atoms with Gasteiger partial charge in [0.25, 0.3) is 0 Å². The Morgan fingerprint density at radius 1 is 1.33 bits per heavy atom. The number of sulfonamides is 1. The monoisotopic (exact) mass is 355 g/mol. The quantitative estimate of drug-likeness (QED) is 0.810. The highest BCUT2D eigenvalue weighted by atomic mass is 32.2. The molecule has 130 valence electrons. The Hall–Kier alpha value is -1.71. The molecule has 0 unspecified atom stereocenters. The minimum absolute atomic E-state index is 0.227. The van der Waals surface area contributed by atoms with Gasteiger partial charge in [0, 0.05) is 25.8 Å². The van der Waals surface area contributed by atoms with Gasteiger partial charge in [0.05, 0.1) is 12.6 Å². The van der Waals surface area contributed by atoms with Crippen LogP contribution in [0, 0.1) is 5.82 Å². The molecule has 1 spiro atoms. The predicted octanol–water partition coefficient (Wildman–Crippen LogP) is 0.845. The molecule has 24 heavy (non-hydrogen) atoms. The zero-order chi connectivity index (χ0) is 17.1. The number of fused-ring (bicyclic) bond motifs is 1. The van der Waals surface area contributed by atoms with Crippen LogP contribution in [0.15, 0.2) is 24.3 Å². The van der Waals surface area contributed by atoms with Crippen LogP contribution < -0.4 is 5.32 Å². The van der Waals surface area contributed by atoms with Crippen LogP contribution in [0.4, 0.5) is 14.9 Å². The van der Waals surface area contributed by atoms with Gasteiger partial charge in [-0.3, -0.25) is 0 Å². The third kappa shape index (κ3) is 2.30. The molecule has 3 atom stereocenters. The molecule has 3 aliphatic heterocycles. The molecular formula is C15H18FN3O4S.